The molecular formula is C26H23N3O5S. The van der Waals surface area contributed by atoms with Gasteiger partial charge in [0.1, 0.15) is 23.8 Å². The number of para-hydroxylation sites is 1. The SMILES string of the molecule is CCc1ccccc1N1C(=O)/C(=C\c2ccc(OC)c(COc3ccc([N+](=O)[O-])cc3)c2)NC1=S. The number of nitrogens with one attached hydrogen (secondary N) is 1. The molecule has 178 valence electrons. The lowest BCUT2D eigenvalue weighted by molar-refractivity contribution is -0.384. The molecular weight excluding hydrogens is 466 g/mol. The van der Waals surface area contributed by atoms with Gasteiger partial charge in [0.2, 0.25) is 0 Å². The summed E-state index contributed by atoms with van der Waals surface area (Å²) in [5.41, 5.74) is 3.67. The molecule has 1 N–H and O–H groups in total. The minimum atomic E-state index is -0.463. The Kier molecular flexibility index (Phi) is 7.07. The summed E-state index contributed by atoms with van der Waals surface area (Å²) in [6.45, 7) is 2.21. The molecule has 0 atom stereocenters. The van der Waals surface area contributed by atoms with Crippen molar-refractivity contribution in [2.45, 2.75) is 20.0 Å². The van der Waals surface area contributed by atoms with Crippen LogP contribution in [0.4, 0.5) is 11.4 Å². The molecule has 0 aliphatic carbocycles. The first-order valence-corrected chi connectivity index (χ1v) is 11.3. The van der Waals surface area contributed by atoms with E-state index in [2.05, 4.69) is 5.32 Å². The molecule has 3 aromatic carbocycles. The van der Waals surface area contributed by atoms with Crippen molar-refractivity contribution in [3.05, 3.63) is 99.2 Å². The van der Waals surface area contributed by atoms with Gasteiger partial charge in [-0.05, 0) is 66.2 Å². The normalized spacial score (nSPS) is 14.2. The molecule has 4 rings (SSSR count). The van der Waals surface area contributed by atoms with Crippen molar-refractivity contribution in [1.29, 1.82) is 0 Å². The maximum Gasteiger partial charge on any atom is 0.281 e. The summed E-state index contributed by atoms with van der Waals surface area (Å²) in [4.78, 5) is 25.1. The lowest BCUT2D eigenvalue weighted by Crippen LogP contribution is -2.31. The smallest absolute Gasteiger partial charge is 0.281 e. The topological polar surface area (TPSA) is 93.9 Å². The second-order valence-electron chi connectivity index (χ2n) is 7.72. The van der Waals surface area contributed by atoms with Gasteiger partial charge in [-0.3, -0.25) is 19.8 Å². The van der Waals surface area contributed by atoms with Crippen LogP contribution in [0, 0.1) is 10.1 Å². The van der Waals surface area contributed by atoms with Crippen molar-refractivity contribution in [3.63, 3.8) is 0 Å². The molecule has 0 bridgehead atoms. The number of aryl methyl sites for hydroxylation is 1. The number of hydrogen-bond acceptors (Lipinski definition) is 6. The zero-order valence-corrected chi connectivity index (χ0v) is 20.0. The first-order valence-electron chi connectivity index (χ1n) is 10.9. The predicted octanol–water partition coefficient (Wildman–Crippen LogP) is 5.01. The van der Waals surface area contributed by atoms with Crippen LogP contribution in [0.5, 0.6) is 11.5 Å². The fraction of sp³-hybridized carbons (Fsp3) is 0.154. The monoisotopic (exact) mass is 489 g/mol. The average Bonchev–Trinajstić information content (AvgIpc) is 3.15. The third-order valence-electron chi connectivity index (χ3n) is 5.55. The first kappa shape index (κ1) is 23.9. The second-order valence-corrected chi connectivity index (χ2v) is 8.11. The minimum absolute atomic E-state index is 0.00852. The van der Waals surface area contributed by atoms with Crippen molar-refractivity contribution in [2.75, 3.05) is 12.0 Å². The number of nitrogens with zero attached hydrogens (tertiary/aromatic N) is 2. The van der Waals surface area contributed by atoms with Crippen LogP contribution in [0.2, 0.25) is 0 Å². The molecule has 3 aromatic rings. The van der Waals surface area contributed by atoms with Gasteiger partial charge in [-0.25, -0.2) is 0 Å². The Balaban J connectivity index is 1.56. The third kappa shape index (κ3) is 5.15. The molecule has 35 heavy (non-hydrogen) atoms. The van der Waals surface area contributed by atoms with E-state index in [-0.39, 0.29) is 18.2 Å². The summed E-state index contributed by atoms with van der Waals surface area (Å²) >= 11 is 5.46. The number of carbonyl (C=O) groups excluding carboxylic acids is 1. The Morgan fingerprint density at radius 2 is 1.83 bits per heavy atom. The van der Waals surface area contributed by atoms with Gasteiger partial charge in [0, 0.05) is 17.7 Å². The van der Waals surface area contributed by atoms with Crippen LogP contribution in [-0.4, -0.2) is 23.1 Å². The Hall–Kier alpha value is -4.24. The van der Waals surface area contributed by atoms with E-state index in [1.807, 2.05) is 43.3 Å². The van der Waals surface area contributed by atoms with E-state index in [0.29, 0.717) is 22.3 Å². The van der Waals surface area contributed by atoms with Gasteiger partial charge in [0.25, 0.3) is 11.6 Å². The Morgan fingerprint density at radius 1 is 1.09 bits per heavy atom. The van der Waals surface area contributed by atoms with E-state index >= 15 is 0 Å². The fourth-order valence-electron chi connectivity index (χ4n) is 3.77. The number of hydrogen-bond donors (Lipinski definition) is 1. The molecule has 1 amide bonds. The molecule has 9 heteroatoms. The van der Waals surface area contributed by atoms with Crippen LogP contribution in [0.3, 0.4) is 0 Å². The van der Waals surface area contributed by atoms with Gasteiger partial charge in [0.15, 0.2) is 5.11 Å². The quantitative estimate of drug-likeness (QED) is 0.206. The predicted molar refractivity (Wildman–Crippen MR) is 137 cm³/mol. The molecule has 0 radical (unpaired) electrons. The third-order valence-corrected chi connectivity index (χ3v) is 5.83. The Labute approximate surface area is 207 Å². The lowest BCUT2D eigenvalue weighted by atomic mass is 10.1. The highest BCUT2D eigenvalue weighted by atomic mass is 32.1. The fourth-order valence-corrected chi connectivity index (χ4v) is 4.07. The molecule has 0 unspecified atom stereocenters. The highest BCUT2D eigenvalue weighted by Crippen LogP contribution is 2.28. The molecule has 0 saturated carbocycles. The van der Waals surface area contributed by atoms with Gasteiger partial charge in [0.05, 0.1) is 17.7 Å². The van der Waals surface area contributed by atoms with Crippen LogP contribution in [0.15, 0.2) is 72.4 Å². The van der Waals surface area contributed by atoms with E-state index in [1.54, 1.807) is 31.4 Å². The number of thiocarbonyl (C=S) groups is 1. The Bertz CT molecular complexity index is 1320. The summed E-state index contributed by atoms with van der Waals surface area (Å²) < 4.78 is 11.2. The van der Waals surface area contributed by atoms with Crippen molar-refractivity contribution in [2.24, 2.45) is 0 Å². The number of benzene rings is 3. The van der Waals surface area contributed by atoms with E-state index in [1.165, 1.54) is 17.0 Å². The highest BCUT2D eigenvalue weighted by molar-refractivity contribution is 7.80. The maximum atomic E-state index is 13.2. The van der Waals surface area contributed by atoms with Gasteiger partial charge < -0.3 is 14.8 Å². The van der Waals surface area contributed by atoms with E-state index in [4.69, 9.17) is 21.7 Å². The number of ether oxygens (including phenoxy) is 2. The van der Waals surface area contributed by atoms with Crippen molar-refractivity contribution < 1.29 is 19.2 Å². The maximum absolute atomic E-state index is 13.2. The van der Waals surface area contributed by atoms with Gasteiger partial charge in [-0.15, -0.1) is 0 Å². The minimum Gasteiger partial charge on any atom is -0.496 e. The number of non-ortho nitro benzene ring substituents is 1. The molecule has 1 heterocycles. The summed E-state index contributed by atoms with van der Waals surface area (Å²) in [6, 6.07) is 19.0. The van der Waals surface area contributed by atoms with E-state index in [9.17, 15) is 14.9 Å². The summed E-state index contributed by atoms with van der Waals surface area (Å²) in [6.07, 6.45) is 2.51. The highest BCUT2D eigenvalue weighted by Gasteiger charge is 2.33. The summed E-state index contributed by atoms with van der Waals surface area (Å²) in [5, 5.41) is 14.2. The number of nitro benzene ring substituents is 1. The number of nitro groups is 1. The first-order chi connectivity index (χ1) is 16.9. The molecule has 0 spiro atoms. The van der Waals surface area contributed by atoms with Crippen molar-refractivity contribution >= 4 is 40.7 Å². The van der Waals surface area contributed by atoms with E-state index < -0.39 is 4.92 Å². The van der Waals surface area contributed by atoms with Crippen LogP contribution in [0.25, 0.3) is 6.08 Å². The van der Waals surface area contributed by atoms with Gasteiger partial charge >= 0.3 is 0 Å². The second kappa shape index (κ2) is 10.4. The molecule has 1 fully saturated rings. The number of methoxy groups -OCH3 is 1. The summed E-state index contributed by atoms with van der Waals surface area (Å²) in [7, 11) is 1.56. The number of anilines is 1. The van der Waals surface area contributed by atoms with Gasteiger partial charge in [-0.1, -0.05) is 31.2 Å². The molecule has 0 aromatic heterocycles. The zero-order chi connectivity index (χ0) is 24.9. The number of amides is 1. The standard InChI is InChI=1S/C26H23N3O5S/c1-3-18-6-4-5-7-23(18)28-25(30)22(27-26(28)35)15-17-8-13-24(33-2)19(14-17)16-34-21-11-9-20(10-12-21)29(31)32/h4-15H,3,16H2,1-2H3,(H,27,35)/b22-15+. The number of rotatable bonds is 8. The number of carbonyl (C=O) groups is 1. The zero-order valence-electron chi connectivity index (χ0n) is 19.2. The van der Waals surface area contributed by atoms with Crippen LogP contribution < -0.4 is 19.7 Å². The Morgan fingerprint density at radius 3 is 2.51 bits per heavy atom. The lowest BCUT2D eigenvalue weighted by Gasteiger charge is -2.17. The molecule has 8 nitrogen and oxygen atoms in total. The molecule has 1 aliphatic heterocycles. The largest absolute Gasteiger partial charge is 0.496 e. The van der Waals surface area contributed by atoms with Crippen LogP contribution in [0.1, 0.15) is 23.6 Å². The van der Waals surface area contributed by atoms with Crippen molar-refractivity contribution in [1.82, 2.24) is 5.32 Å². The molecule has 1 saturated heterocycles. The molecule has 1 aliphatic rings. The van der Waals surface area contributed by atoms with Crippen molar-refractivity contribution in [3.8, 4) is 11.5 Å². The van der Waals surface area contributed by atoms with Crippen LogP contribution in [-0.2, 0) is 17.8 Å². The van der Waals surface area contributed by atoms with Gasteiger partial charge in [-0.2, -0.15) is 0 Å². The van der Waals surface area contributed by atoms with E-state index in [0.717, 1.165) is 28.8 Å². The summed E-state index contributed by atoms with van der Waals surface area (Å²) in [5.74, 6) is 0.883. The average molecular weight is 490 g/mol. The van der Waals surface area contributed by atoms with Crippen LogP contribution >= 0.6 is 12.2 Å².